The van der Waals surface area contributed by atoms with E-state index < -0.39 is 5.54 Å². The van der Waals surface area contributed by atoms with Crippen LogP contribution in [0.5, 0.6) is 5.75 Å². The van der Waals surface area contributed by atoms with Crippen LogP contribution in [-0.2, 0) is 16.8 Å². The maximum atomic E-state index is 14.5. The van der Waals surface area contributed by atoms with Crippen LogP contribution in [0, 0.1) is 11.7 Å². The van der Waals surface area contributed by atoms with Crippen LogP contribution >= 0.6 is 0 Å². The van der Waals surface area contributed by atoms with Crippen LogP contribution in [0.4, 0.5) is 4.39 Å². The molecule has 1 fully saturated rings. The Balaban J connectivity index is 1.67. The number of halogens is 1. The summed E-state index contributed by atoms with van der Waals surface area (Å²) in [6.45, 7) is 0.693. The number of guanidine groups is 1. The fourth-order valence-corrected chi connectivity index (χ4v) is 4.19. The van der Waals surface area contributed by atoms with Crippen LogP contribution < -0.4 is 10.5 Å². The van der Waals surface area contributed by atoms with E-state index in [-0.39, 0.29) is 17.7 Å². The molecule has 1 atom stereocenters. The molecule has 6 heteroatoms. The number of carbonyl (C=O) groups excluding carboxylic acids is 1. The molecule has 2 heterocycles. The Hall–Kier alpha value is -3.15. The smallest absolute Gasteiger partial charge is 0.266 e. The molecular formula is C24H24FN3O2. The standard InChI is InChI=1S/C24H24FN3O2/c1-28-22(29)24(27-23(28)26,19-9-11-21-17(14-19)3-2-12-30-21)18-8-10-20(25)16(13-18)7-6-15-4-5-15/h6-11,13-15H,2-5,12H2,1H3,(H2,26,27). The van der Waals surface area contributed by atoms with Crippen LogP contribution in [0.3, 0.4) is 0 Å². The largest absolute Gasteiger partial charge is 0.493 e. The van der Waals surface area contributed by atoms with Gasteiger partial charge in [-0.15, -0.1) is 0 Å². The third-order valence-corrected chi connectivity index (χ3v) is 6.15. The number of nitrogens with two attached hydrogens (primary N) is 1. The fraction of sp³-hybridized carbons (Fsp3) is 0.333. The van der Waals surface area contributed by atoms with Crippen molar-refractivity contribution < 1.29 is 13.9 Å². The number of carbonyl (C=O) groups is 1. The highest BCUT2D eigenvalue weighted by atomic mass is 19.1. The van der Waals surface area contributed by atoms with Crippen LogP contribution in [0.15, 0.2) is 47.5 Å². The monoisotopic (exact) mass is 405 g/mol. The van der Waals surface area contributed by atoms with Gasteiger partial charge in [0.15, 0.2) is 11.5 Å². The second kappa shape index (κ2) is 6.97. The molecule has 2 aromatic carbocycles. The molecule has 1 unspecified atom stereocenters. The first-order chi connectivity index (χ1) is 14.5. The van der Waals surface area contributed by atoms with E-state index in [2.05, 4.69) is 4.99 Å². The minimum Gasteiger partial charge on any atom is -0.493 e. The number of benzene rings is 2. The number of allylic oxidation sites excluding steroid dienone is 1. The van der Waals surface area contributed by atoms with E-state index in [1.54, 1.807) is 25.3 Å². The number of fused-ring (bicyclic) bond motifs is 1. The van der Waals surface area contributed by atoms with Crippen molar-refractivity contribution in [2.45, 2.75) is 31.2 Å². The molecule has 3 aliphatic rings. The molecule has 5 rings (SSSR count). The van der Waals surface area contributed by atoms with E-state index in [1.165, 1.54) is 11.0 Å². The van der Waals surface area contributed by atoms with Crippen molar-refractivity contribution in [1.82, 2.24) is 4.90 Å². The maximum Gasteiger partial charge on any atom is 0.266 e. The van der Waals surface area contributed by atoms with Gasteiger partial charge in [0.2, 0.25) is 0 Å². The van der Waals surface area contributed by atoms with Gasteiger partial charge in [-0.2, -0.15) is 0 Å². The second-order valence-corrected chi connectivity index (χ2v) is 8.25. The fourth-order valence-electron chi connectivity index (χ4n) is 4.19. The lowest BCUT2D eigenvalue weighted by molar-refractivity contribution is -0.129. The molecule has 2 aromatic rings. The van der Waals surface area contributed by atoms with Gasteiger partial charge in [-0.25, -0.2) is 9.38 Å². The number of likely N-dealkylation sites (N-methyl/N-ethyl adjacent to an activating group) is 1. The van der Waals surface area contributed by atoms with E-state index in [4.69, 9.17) is 10.5 Å². The van der Waals surface area contributed by atoms with Crippen LogP contribution in [0.1, 0.15) is 41.5 Å². The number of nitrogens with zero attached hydrogens (tertiary/aromatic N) is 2. The molecular weight excluding hydrogens is 381 g/mol. The predicted molar refractivity (Wildman–Crippen MR) is 114 cm³/mol. The molecule has 1 amide bonds. The zero-order valence-corrected chi connectivity index (χ0v) is 16.9. The molecule has 5 nitrogen and oxygen atoms in total. The van der Waals surface area contributed by atoms with Gasteiger partial charge in [-0.05, 0) is 72.6 Å². The lowest BCUT2D eigenvalue weighted by Crippen LogP contribution is -2.41. The predicted octanol–water partition coefficient (Wildman–Crippen LogP) is 3.60. The highest BCUT2D eigenvalue weighted by Crippen LogP contribution is 2.42. The van der Waals surface area contributed by atoms with Crippen molar-refractivity contribution in [3.8, 4) is 5.75 Å². The Morgan fingerprint density at radius 2 is 2.00 bits per heavy atom. The van der Waals surface area contributed by atoms with Gasteiger partial charge in [-0.3, -0.25) is 9.69 Å². The van der Waals surface area contributed by atoms with E-state index in [0.717, 1.165) is 37.0 Å². The van der Waals surface area contributed by atoms with Crippen molar-refractivity contribution in [1.29, 1.82) is 0 Å². The maximum absolute atomic E-state index is 14.5. The van der Waals surface area contributed by atoms with Gasteiger partial charge in [0.25, 0.3) is 5.91 Å². The van der Waals surface area contributed by atoms with Crippen molar-refractivity contribution >= 4 is 17.9 Å². The number of aliphatic imine (C=N–C) groups is 1. The summed E-state index contributed by atoms with van der Waals surface area (Å²) in [6, 6.07) is 10.5. The number of hydrogen-bond acceptors (Lipinski definition) is 4. The Morgan fingerprint density at radius 3 is 2.73 bits per heavy atom. The van der Waals surface area contributed by atoms with E-state index in [9.17, 15) is 9.18 Å². The zero-order valence-electron chi connectivity index (χ0n) is 16.9. The van der Waals surface area contributed by atoms with Crippen LogP contribution in [0.2, 0.25) is 0 Å². The van der Waals surface area contributed by atoms with Gasteiger partial charge < -0.3 is 10.5 Å². The molecule has 30 heavy (non-hydrogen) atoms. The first kappa shape index (κ1) is 18.9. The molecule has 2 N–H and O–H groups in total. The lowest BCUT2D eigenvalue weighted by atomic mass is 9.81. The summed E-state index contributed by atoms with van der Waals surface area (Å²) in [6.07, 6.45) is 7.93. The van der Waals surface area contributed by atoms with Gasteiger partial charge in [0.1, 0.15) is 11.6 Å². The van der Waals surface area contributed by atoms with Crippen LogP contribution in [-0.4, -0.2) is 30.4 Å². The SMILES string of the molecule is CN1C(=O)C(c2ccc(F)c(C=CC3CC3)c2)(c2ccc3c(c2)CCCO3)N=C1N. The highest BCUT2D eigenvalue weighted by molar-refractivity contribution is 6.09. The van der Waals surface area contributed by atoms with Crippen molar-refractivity contribution in [3.63, 3.8) is 0 Å². The van der Waals surface area contributed by atoms with E-state index in [1.807, 2.05) is 24.3 Å². The summed E-state index contributed by atoms with van der Waals surface area (Å²) >= 11 is 0. The first-order valence-corrected chi connectivity index (χ1v) is 10.4. The molecule has 1 saturated carbocycles. The Morgan fingerprint density at radius 1 is 1.23 bits per heavy atom. The number of aryl methyl sites for hydroxylation is 1. The third-order valence-electron chi connectivity index (χ3n) is 6.15. The first-order valence-electron chi connectivity index (χ1n) is 10.4. The number of amides is 1. The van der Waals surface area contributed by atoms with Gasteiger partial charge in [-0.1, -0.05) is 24.3 Å². The van der Waals surface area contributed by atoms with Crippen molar-refractivity contribution in [2.75, 3.05) is 13.7 Å². The summed E-state index contributed by atoms with van der Waals surface area (Å²) in [5.41, 5.74) is 7.56. The molecule has 0 spiro atoms. The Kier molecular flexibility index (Phi) is 4.38. The average molecular weight is 405 g/mol. The zero-order chi connectivity index (χ0) is 20.9. The van der Waals surface area contributed by atoms with Gasteiger partial charge >= 0.3 is 0 Å². The topological polar surface area (TPSA) is 67.9 Å². The van der Waals surface area contributed by atoms with Crippen molar-refractivity contribution in [2.24, 2.45) is 16.6 Å². The normalized spacial score (nSPS) is 23.5. The average Bonchev–Trinajstić information content (AvgIpc) is 3.56. The summed E-state index contributed by atoms with van der Waals surface area (Å²) in [4.78, 5) is 19.5. The summed E-state index contributed by atoms with van der Waals surface area (Å²) in [5.74, 6) is 0.938. The molecule has 1 aliphatic carbocycles. The molecule has 0 saturated heterocycles. The summed E-state index contributed by atoms with van der Waals surface area (Å²) in [5, 5.41) is 0. The number of ether oxygens (including phenoxy) is 1. The lowest BCUT2D eigenvalue weighted by Gasteiger charge is -2.28. The highest BCUT2D eigenvalue weighted by Gasteiger charge is 2.50. The molecule has 0 aromatic heterocycles. The second-order valence-electron chi connectivity index (χ2n) is 8.25. The van der Waals surface area contributed by atoms with Crippen LogP contribution in [0.25, 0.3) is 6.08 Å². The minimum atomic E-state index is -1.33. The van der Waals surface area contributed by atoms with Gasteiger partial charge in [0, 0.05) is 12.6 Å². The molecule has 0 radical (unpaired) electrons. The van der Waals surface area contributed by atoms with E-state index in [0.29, 0.717) is 29.2 Å². The Labute approximate surface area is 175 Å². The number of rotatable bonds is 4. The third kappa shape index (κ3) is 2.98. The summed E-state index contributed by atoms with van der Waals surface area (Å²) in [7, 11) is 1.61. The Bertz CT molecular complexity index is 1090. The molecule has 2 aliphatic heterocycles. The quantitative estimate of drug-likeness (QED) is 0.845. The van der Waals surface area contributed by atoms with E-state index >= 15 is 0 Å². The van der Waals surface area contributed by atoms with Crippen molar-refractivity contribution in [3.05, 3.63) is 70.5 Å². The summed E-state index contributed by atoms with van der Waals surface area (Å²) < 4.78 is 20.2. The number of hydrogen-bond donors (Lipinski definition) is 1. The van der Waals surface area contributed by atoms with Gasteiger partial charge in [0.05, 0.1) is 6.61 Å². The molecule has 0 bridgehead atoms. The minimum absolute atomic E-state index is 0.147. The molecule has 154 valence electrons.